The second kappa shape index (κ2) is 6.17. The van der Waals surface area contributed by atoms with Crippen LogP contribution in [0.5, 0.6) is 0 Å². The lowest BCUT2D eigenvalue weighted by Gasteiger charge is -2.12. The van der Waals surface area contributed by atoms with E-state index >= 15 is 0 Å². The molecule has 3 rings (SSSR count). The molecule has 0 bridgehead atoms. The second-order valence-corrected chi connectivity index (χ2v) is 5.61. The van der Waals surface area contributed by atoms with Crippen LogP contribution in [0.3, 0.4) is 0 Å². The number of anilines is 1. The fraction of sp³-hybridized carbons (Fsp3) is 0.333. The number of hydrogen-bond acceptors (Lipinski definition) is 5. The molecule has 3 aromatic rings. The Bertz CT molecular complexity index is 833. The third-order valence-electron chi connectivity index (χ3n) is 3.55. The Morgan fingerprint density at radius 2 is 2.13 bits per heavy atom. The summed E-state index contributed by atoms with van der Waals surface area (Å²) in [5.41, 5.74) is 1.65. The Kier molecular flexibility index (Phi) is 4.07. The molecule has 8 nitrogen and oxygen atoms in total. The maximum absolute atomic E-state index is 12.5. The minimum atomic E-state index is -0.310. The van der Waals surface area contributed by atoms with Crippen LogP contribution in [0.1, 0.15) is 16.2 Å². The standard InChI is InChI=1S/C15H19N7O/c1-11-5-4-8-21-13(11)18-19-14(21)15(23)17-12-6-7-16-22(12)10-9-20(2)3/h4-8H,9-10H2,1-3H3,(H,17,23). The van der Waals surface area contributed by atoms with Crippen molar-refractivity contribution in [3.05, 3.63) is 42.0 Å². The summed E-state index contributed by atoms with van der Waals surface area (Å²) >= 11 is 0. The molecule has 120 valence electrons. The van der Waals surface area contributed by atoms with Crippen LogP contribution in [0.25, 0.3) is 5.65 Å². The van der Waals surface area contributed by atoms with Crippen molar-refractivity contribution in [2.24, 2.45) is 0 Å². The lowest BCUT2D eigenvalue weighted by molar-refractivity contribution is 0.101. The van der Waals surface area contributed by atoms with Crippen molar-refractivity contribution in [2.75, 3.05) is 26.0 Å². The highest BCUT2D eigenvalue weighted by Gasteiger charge is 2.16. The first kappa shape index (κ1) is 15.2. The summed E-state index contributed by atoms with van der Waals surface area (Å²) in [6.07, 6.45) is 3.44. The molecular weight excluding hydrogens is 294 g/mol. The van der Waals surface area contributed by atoms with Crippen LogP contribution in [0, 0.1) is 6.92 Å². The quantitative estimate of drug-likeness (QED) is 0.761. The molecule has 0 aliphatic heterocycles. The molecule has 0 saturated carbocycles. The van der Waals surface area contributed by atoms with Crippen LogP contribution in [0.4, 0.5) is 5.82 Å². The largest absolute Gasteiger partial charge is 0.308 e. The smallest absolute Gasteiger partial charge is 0.295 e. The average Bonchev–Trinajstić information content (AvgIpc) is 3.12. The molecule has 1 N–H and O–H groups in total. The van der Waals surface area contributed by atoms with Gasteiger partial charge in [-0.15, -0.1) is 10.2 Å². The maximum atomic E-state index is 12.5. The van der Waals surface area contributed by atoms with Crippen LogP contribution < -0.4 is 5.32 Å². The number of hydrogen-bond donors (Lipinski definition) is 1. The molecule has 0 aliphatic carbocycles. The van der Waals surface area contributed by atoms with E-state index in [1.165, 1.54) is 0 Å². The molecule has 0 fully saturated rings. The maximum Gasteiger partial charge on any atom is 0.295 e. The molecule has 8 heteroatoms. The van der Waals surface area contributed by atoms with Gasteiger partial charge in [-0.3, -0.25) is 9.20 Å². The van der Waals surface area contributed by atoms with Crippen molar-refractivity contribution < 1.29 is 4.79 Å². The zero-order valence-corrected chi connectivity index (χ0v) is 13.4. The number of rotatable bonds is 5. The molecule has 3 aromatic heterocycles. The van der Waals surface area contributed by atoms with Gasteiger partial charge in [-0.2, -0.15) is 5.10 Å². The molecule has 0 spiro atoms. The highest BCUT2D eigenvalue weighted by molar-refractivity contribution is 6.01. The van der Waals surface area contributed by atoms with Crippen molar-refractivity contribution in [2.45, 2.75) is 13.5 Å². The number of aryl methyl sites for hydroxylation is 1. The third kappa shape index (κ3) is 3.07. The van der Waals surface area contributed by atoms with Gasteiger partial charge in [0.25, 0.3) is 5.91 Å². The number of pyridine rings is 1. The lowest BCUT2D eigenvalue weighted by atomic mass is 10.3. The van der Waals surface area contributed by atoms with Crippen molar-refractivity contribution >= 4 is 17.4 Å². The number of carbonyl (C=O) groups excluding carboxylic acids is 1. The van der Waals surface area contributed by atoms with Gasteiger partial charge in [-0.1, -0.05) is 6.07 Å². The third-order valence-corrected chi connectivity index (χ3v) is 3.55. The van der Waals surface area contributed by atoms with Crippen molar-refractivity contribution in [1.29, 1.82) is 0 Å². The van der Waals surface area contributed by atoms with E-state index in [0.717, 1.165) is 12.1 Å². The molecule has 0 unspecified atom stereocenters. The number of likely N-dealkylation sites (N-methyl/N-ethyl adjacent to an activating group) is 1. The SMILES string of the molecule is Cc1cccn2c(C(=O)Nc3ccnn3CCN(C)C)nnc12. The monoisotopic (exact) mass is 313 g/mol. The predicted molar refractivity (Wildman–Crippen MR) is 86.5 cm³/mol. The first-order valence-corrected chi connectivity index (χ1v) is 7.34. The van der Waals surface area contributed by atoms with Crippen molar-refractivity contribution in [1.82, 2.24) is 29.3 Å². The first-order chi connectivity index (χ1) is 11.1. The normalized spacial score (nSPS) is 11.3. The molecule has 3 heterocycles. The summed E-state index contributed by atoms with van der Waals surface area (Å²) in [4.78, 5) is 14.6. The van der Waals surface area contributed by atoms with E-state index in [1.807, 2.05) is 33.2 Å². The Balaban J connectivity index is 1.82. The lowest BCUT2D eigenvalue weighted by Crippen LogP contribution is -2.22. The number of fused-ring (bicyclic) bond motifs is 1. The van der Waals surface area contributed by atoms with Crippen LogP contribution >= 0.6 is 0 Å². The molecule has 1 amide bonds. The summed E-state index contributed by atoms with van der Waals surface area (Å²) in [5, 5.41) is 15.2. The molecule has 0 aromatic carbocycles. The zero-order chi connectivity index (χ0) is 16.4. The van der Waals surface area contributed by atoms with E-state index in [1.54, 1.807) is 27.5 Å². The summed E-state index contributed by atoms with van der Waals surface area (Å²) in [6, 6.07) is 5.56. The molecule has 23 heavy (non-hydrogen) atoms. The van der Waals surface area contributed by atoms with E-state index < -0.39 is 0 Å². The van der Waals surface area contributed by atoms with Gasteiger partial charge in [-0.25, -0.2) is 4.68 Å². The number of aromatic nitrogens is 5. The van der Waals surface area contributed by atoms with Crippen LogP contribution in [0.15, 0.2) is 30.6 Å². The van der Waals surface area contributed by atoms with Crippen molar-refractivity contribution in [3.63, 3.8) is 0 Å². The highest BCUT2D eigenvalue weighted by atomic mass is 16.2. The number of carbonyl (C=O) groups is 1. The van der Waals surface area contributed by atoms with E-state index in [2.05, 4.69) is 25.5 Å². The number of nitrogens with zero attached hydrogens (tertiary/aromatic N) is 6. The molecule has 0 saturated heterocycles. The van der Waals surface area contributed by atoms with Crippen LogP contribution in [-0.2, 0) is 6.54 Å². The minimum Gasteiger partial charge on any atom is -0.308 e. The summed E-state index contributed by atoms with van der Waals surface area (Å²) in [5.74, 6) is 0.583. The second-order valence-electron chi connectivity index (χ2n) is 5.61. The number of amides is 1. The average molecular weight is 313 g/mol. The molecular formula is C15H19N7O. The van der Waals surface area contributed by atoms with E-state index in [-0.39, 0.29) is 11.7 Å². The number of nitrogens with one attached hydrogen (secondary N) is 1. The van der Waals surface area contributed by atoms with E-state index in [4.69, 9.17) is 0 Å². The van der Waals surface area contributed by atoms with E-state index in [0.29, 0.717) is 18.0 Å². The Labute approximate surface area is 133 Å². The molecule has 0 aliphatic rings. The summed E-state index contributed by atoms with van der Waals surface area (Å²) in [7, 11) is 3.98. The van der Waals surface area contributed by atoms with Gasteiger partial charge in [-0.05, 0) is 32.6 Å². The minimum absolute atomic E-state index is 0.254. The van der Waals surface area contributed by atoms with Gasteiger partial charge in [0, 0.05) is 18.8 Å². The van der Waals surface area contributed by atoms with Gasteiger partial charge >= 0.3 is 0 Å². The van der Waals surface area contributed by atoms with Gasteiger partial charge in [0.15, 0.2) is 5.65 Å². The Hall–Kier alpha value is -2.74. The van der Waals surface area contributed by atoms with Gasteiger partial charge in [0.05, 0.1) is 12.7 Å². The van der Waals surface area contributed by atoms with Crippen LogP contribution in [0.2, 0.25) is 0 Å². The van der Waals surface area contributed by atoms with Crippen LogP contribution in [-0.4, -0.2) is 55.8 Å². The molecule has 0 radical (unpaired) electrons. The van der Waals surface area contributed by atoms with E-state index in [9.17, 15) is 4.79 Å². The van der Waals surface area contributed by atoms with Gasteiger partial charge < -0.3 is 10.2 Å². The fourth-order valence-electron chi connectivity index (χ4n) is 2.29. The summed E-state index contributed by atoms with van der Waals surface area (Å²) in [6.45, 7) is 3.45. The summed E-state index contributed by atoms with van der Waals surface area (Å²) < 4.78 is 3.44. The highest BCUT2D eigenvalue weighted by Crippen LogP contribution is 2.12. The zero-order valence-electron chi connectivity index (χ0n) is 13.4. The fourth-order valence-corrected chi connectivity index (χ4v) is 2.29. The topological polar surface area (TPSA) is 80.4 Å². The van der Waals surface area contributed by atoms with Crippen molar-refractivity contribution in [3.8, 4) is 0 Å². The first-order valence-electron chi connectivity index (χ1n) is 7.34. The Morgan fingerprint density at radius 3 is 2.91 bits per heavy atom. The van der Waals surface area contributed by atoms with Gasteiger partial charge in [0.2, 0.25) is 5.82 Å². The predicted octanol–water partition coefficient (Wildman–Crippen LogP) is 1.05. The molecule has 0 atom stereocenters. The van der Waals surface area contributed by atoms with Gasteiger partial charge in [0.1, 0.15) is 5.82 Å². The Morgan fingerprint density at radius 1 is 1.30 bits per heavy atom.